The molecule has 0 saturated heterocycles. The van der Waals surface area contributed by atoms with E-state index in [1.54, 1.807) is 30.2 Å². The van der Waals surface area contributed by atoms with Crippen LogP contribution in [0.3, 0.4) is 0 Å². The average Bonchev–Trinajstić information content (AvgIpc) is 2.78. The third-order valence-electron chi connectivity index (χ3n) is 5.18. The smallest absolute Gasteiger partial charge is 0.294 e. The minimum atomic E-state index is -0.381. The number of aryl methyl sites for hydroxylation is 2. The maximum atomic E-state index is 13.5. The van der Waals surface area contributed by atoms with Gasteiger partial charge in [0.05, 0.1) is 19.0 Å². The summed E-state index contributed by atoms with van der Waals surface area (Å²) in [4.78, 5) is 27.9. The van der Waals surface area contributed by atoms with Gasteiger partial charge in [0.1, 0.15) is 11.3 Å². The van der Waals surface area contributed by atoms with Crippen LogP contribution in [0.1, 0.15) is 27.2 Å². The Kier molecular flexibility index (Phi) is 5.58. The molecule has 4 rings (SSSR count). The SMILES string of the molecule is COc1ccc(N(Cc2ccccc2)C(=O)c2cc(=O)c3cc(C)cc(C)c3o2)cc1. The van der Waals surface area contributed by atoms with Crippen LogP contribution in [0, 0.1) is 13.8 Å². The van der Waals surface area contributed by atoms with E-state index in [9.17, 15) is 9.59 Å². The van der Waals surface area contributed by atoms with E-state index in [0.717, 1.165) is 16.7 Å². The number of benzene rings is 3. The monoisotopic (exact) mass is 413 g/mol. The highest BCUT2D eigenvalue weighted by Crippen LogP contribution is 2.25. The van der Waals surface area contributed by atoms with Gasteiger partial charge >= 0.3 is 0 Å². The number of hydrogen-bond donors (Lipinski definition) is 0. The minimum Gasteiger partial charge on any atom is -0.497 e. The average molecular weight is 413 g/mol. The lowest BCUT2D eigenvalue weighted by atomic mass is 10.1. The largest absolute Gasteiger partial charge is 0.497 e. The van der Waals surface area contributed by atoms with Gasteiger partial charge in [0.2, 0.25) is 0 Å². The standard InChI is InChI=1S/C26H23NO4/c1-17-13-18(2)25-22(14-17)23(28)15-24(31-25)26(29)27(16-19-7-5-4-6-8-19)20-9-11-21(30-3)12-10-20/h4-15H,16H2,1-3H3. The number of fused-ring (bicyclic) bond motifs is 1. The first kappa shape index (κ1) is 20.4. The van der Waals surface area contributed by atoms with E-state index in [-0.39, 0.29) is 17.1 Å². The van der Waals surface area contributed by atoms with Gasteiger partial charge in [-0.1, -0.05) is 36.4 Å². The van der Waals surface area contributed by atoms with Crippen LogP contribution in [0.15, 0.2) is 82.0 Å². The Labute approximate surface area is 180 Å². The van der Waals surface area contributed by atoms with Gasteiger partial charge in [-0.3, -0.25) is 9.59 Å². The molecule has 0 aliphatic heterocycles. The number of amides is 1. The zero-order chi connectivity index (χ0) is 22.0. The third kappa shape index (κ3) is 4.21. The fourth-order valence-corrected chi connectivity index (χ4v) is 3.66. The Morgan fingerprint density at radius 2 is 1.68 bits per heavy atom. The summed E-state index contributed by atoms with van der Waals surface area (Å²) in [6.07, 6.45) is 0. The molecule has 0 unspecified atom stereocenters. The highest BCUT2D eigenvalue weighted by molar-refractivity contribution is 6.04. The maximum absolute atomic E-state index is 13.5. The van der Waals surface area contributed by atoms with Crippen molar-refractivity contribution in [2.24, 2.45) is 0 Å². The summed E-state index contributed by atoms with van der Waals surface area (Å²) < 4.78 is 11.2. The molecule has 0 atom stereocenters. The molecule has 0 N–H and O–H groups in total. The number of carbonyl (C=O) groups excluding carboxylic acids is 1. The van der Waals surface area contributed by atoms with Crippen LogP contribution >= 0.6 is 0 Å². The van der Waals surface area contributed by atoms with Crippen molar-refractivity contribution in [3.63, 3.8) is 0 Å². The Morgan fingerprint density at radius 3 is 2.35 bits per heavy atom. The number of methoxy groups -OCH3 is 1. The van der Waals surface area contributed by atoms with Gasteiger partial charge in [0, 0.05) is 11.8 Å². The van der Waals surface area contributed by atoms with Gasteiger partial charge < -0.3 is 14.1 Å². The predicted octanol–water partition coefficient (Wildman–Crippen LogP) is 5.27. The second kappa shape index (κ2) is 8.48. The van der Waals surface area contributed by atoms with E-state index in [0.29, 0.717) is 29.0 Å². The molecular formula is C26H23NO4. The molecule has 5 heteroatoms. The second-order valence-electron chi connectivity index (χ2n) is 7.51. The lowest BCUT2D eigenvalue weighted by Gasteiger charge is -2.23. The molecule has 0 bridgehead atoms. The van der Waals surface area contributed by atoms with E-state index >= 15 is 0 Å². The zero-order valence-corrected chi connectivity index (χ0v) is 17.7. The Morgan fingerprint density at radius 1 is 0.968 bits per heavy atom. The fourth-order valence-electron chi connectivity index (χ4n) is 3.66. The van der Waals surface area contributed by atoms with Gasteiger partial charge in [0.25, 0.3) is 5.91 Å². The Balaban J connectivity index is 1.80. The molecule has 4 aromatic rings. The summed E-state index contributed by atoms with van der Waals surface area (Å²) in [6.45, 7) is 4.13. The summed E-state index contributed by atoms with van der Waals surface area (Å²) >= 11 is 0. The van der Waals surface area contributed by atoms with Gasteiger partial charge in [-0.25, -0.2) is 0 Å². The van der Waals surface area contributed by atoms with Crippen LogP contribution in [-0.4, -0.2) is 13.0 Å². The molecule has 1 amide bonds. The van der Waals surface area contributed by atoms with E-state index in [1.807, 2.05) is 62.4 Å². The molecule has 31 heavy (non-hydrogen) atoms. The van der Waals surface area contributed by atoms with Gasteiger partial charge in [-0.15, -0.1) is 0 Å². The van der Waals surface area contributed by atoms with Crippen LogP contribution in [0.4, 0.5) is 5.69 Å². The zero-order valence-electron chi connectivity index (χ0n) is 17.7. The lowest BCUT2D eigenvalue weighted by molar-refractivity contribution is 0.0959. The summed E-state index contributed by atoms with van der Waals surface area (Å²) in [5, 5.41) is 0.480. The Hall–Kier alpha value is -3.86. The second-order valence-corrected chi connectivity index (χ2v) is 7.51. The summed E-state index contributed by atoms with van der Waals surface area (Å²) in [5.74, 6) is 0.322. The molecule has 1 heterocycles. The number of hydrogen-bond acceptors (Lipinski definition) is 4. The lowest BCUT2D eigenvalue weighted by Crippen LogP contribution is -2.31. The van der Waals surface area contributed by atoms with E-state index in [4.69, 9.17) is 9.15 Å². The van der Waals surface area contributed by atoms with Crippen LogP contribution in [0.5, 0.6) is 5.75 Å². The minimum absolute atomic E-state index is 0.0104. The number of carbonyl (C=O) groups is 1. The van der Waals surface area contributed by atoms with Crippen molar-refractivity contribution in [1.29, 1.82) is 0 Å². The van der Waals surface area contributed by atoms with E-state index in [2.05, 4.69) is 0 Å². The third-order valence-corrected chi connectivity index (χ3v) is 5.18. The van der Waals surface area contributed by atoms with Crippen molar-refractivity contribution in [3.8, 4) is 5.75 Å². The maximum Gasteiger partial charge on any atom is 0.294 e. The number of rotatable bonds is 5. The molecular weight excluding hydrogens is 390 g/mol. The van der Waals surface area contributed by atoms with Crippen molar-refractivity contribution in [1.82, 2.24) is 0 Å². The van der Waals surface area contributed by atoms with Crippen LogP contribution in [-0.2, 0) is 6.54 Å². The molecule has 156 valence electrons. The van der Waals surface area contributed by atoms with Gasteiger partial charge in [0.15, 0.2) is 11.2 Å². The van der Waals surface area contributed by atoms with Crippen molar-refractivity contribution in [2.45, 2.75) is 20.4 Å². The van der Waals surface area contributed by atoms with Crippen LogP contribution in [0.25, 0.3) is 11.0 Å². The molecule has 0 aliphatic carbocycles. The molecule has 0 fully saturated rings. The molecule has 0 aliphatic rings. The normalized spacial score (nSPS) is 10.8. The van der Waals surface area contributed by atoms with Crippen molar-refractivity contribution < 1.29 is 13.9 Å². The number of nitrogens with zero attached hydrogens (tertiary/aromatic N) is 1. The molecule has 0 radical (unpaired) electrons. The Bertz CT molecular complexity index is 1290. The molecule has 5 nitrogen and oxygen atoms in total. The molecule has 3 aromatic carbocycles. The first-order valence-electron chi connectivity index (χ1n) is 10.0. The van der Waals surface area contributed by atoms with Crippen molar-refractivity contribution >= 4 is 22.6 Å². The van der Waals surface area contributed by atoms with Crippen LogP contribution in [0.2, 0.25) is 0 Å². The molecule has 0 saturated carbocycles. The highest BCUT2D eigenvalue weighted by Gasteiger charge is 2.22. The summed E-state index contributed by atoms with van der Waals surface area (Å²) in [5.41, 5.74) is 3.64. The predicted molar refractivity (Wildman–Crippen MR) is 122 cm³/mol. The van der Waals surface area contributed by atoms with E-state index in [1.165, 1.54) is 6.07 Å². The summed E-state index contributed by atoms with van der Waals surface area (Å²) in [7, 11) is 1.59. The first-order chi connectivity index (χ1) is 15.0. The van der Waals surface area contributed by atoms with E-state index < -0.39 is 0 Å². The number of anilines is 1. The van der Waals surface area contributed by atoms with Gasteiger partial charge in [-0.05, 0) is 60.9 Å². The van der Waals surface area contributed by atoms with Crippen molar-refractivity contribution in [3.05, 3.63) is 105 Å². The molecule has 0 spiro atoms. The molecule has 1 aromatic heterocycles. The first-order valence-corrected chi connectivity index (χ1v) is 10.0. The summed E-state index contributed by atoms with van der Waals surface area (Å²) in [6, 6.07) is 21.9. The highest BCUT2D eigenvalue weighted by atomic mass is 16.5. The number of ether oxygens (including phenoxy) is 1. The topological polar surface area (TPSA) is 59.8 Å². The fraction of sp³-hybridized carbons (Fsp3) is 0.154. The van der Waals surface area contributed by atoms with Gasteiger partial charge in [-0.2, -0.15) is 0 Å². The van der Waals surface area contributed by atoms with Crippen molar-refractivity contribution in [2.75, 3.05) is 12.0 Å². The van der Waals surface area contributed by atoms with Crippen LogP contribution < -0.4 is 15.1 Å². The quantitative estimate of drug-likeness (QED) is 0.447.